The van der Waals surface area contributed by atoms with E-state index >= 15 is 0 Å². The summed E-state index contributed by atoms with van der Waals surface area (Å²) in [5.74, 6) is 1.31. The summed E-state index contributed by atoms with van der Waals surface area (Å²) in [6.45, 7) is 0.170. The number of carbonyl (C=O) groups is 2. The molecule has 3 aromatic carbocycles. The molecule has 0 radical (unpaired) electrons. The molecule has 5 rings (SSSR count). The number of nitrogens with zero attached hydrogens (tertiary/aromatic N) is 1. The SMILES string of the molecule is COc1ccc([C@@H](C(=O)NC2CCCCC2)N(Cc2ccccc2OC)C(=O)Cc2c[nH]c3ccccc23)c(OC)c1. The Kier molecular flexibility index (Phi) is 9.31. The molecule has 1 atom stereocenters. The molecule has 0 saturated heterocycles. The van der Waals surface area contributed by atoms with Crippen LogP contribution in [0.5, 0.6) is 17.2 Å². The lowest BCUT2D eigenvalue weighted by atomic mass is 9.94. The number of fused-ring (bicyclic) bond motifs is 1. The van der Waals surface area contributed by atoms with Crippen LogP contribution in [0.4, 0.5) is 0 Å². The number of aromatic nitrogens is 1. The van der Waals surface area contributed by atoms with E-state index in [-0.39, 0.29) is 30.8 Å². The molecule has 1 saturated carbocycles. The Morgan fingerprint density at radius 3 is 2.38 bits per heavy atom. The second-order valence-corrected chi connectivity index (χ2v) is 10.7. The van der Waals surface area contributed by atoms with Gasteiger partial charge in [-0.25, -0.2) is 0 Å². The molecule has 0 unspecified atom stereocenters. The quantitative estimate of drug-likeness (QED) is 0.233. The monoisotopic (exact) mass is 569 g/mol. The Bertz CT molecular complexity index is 1520. The maximum Gasteiger partial charge on any atom is 0.247 e. The number of rotatable bonds is 11. The molecule has 4 aromatic rings. The molecule has 8 nitrogen and oxygen atoms in total. The maximum atomic E-state index is 14.4. The Balaban J connectivity index is 1.60. The zero-order valence-electron chi connectivity index (χ0n) is 24.5. The second-order valence-electron chi connectivity index (χ2n) is 10.7. The van der Waals surface area contributed by atoms with Crippen molar-refractivity contribution in [2.75, 3.05) is 21.3 Å². The van der Waals surface area contributed by atoms with Crippen LogP contribution in [0.1, 0.15) is 54.8 Å². The largest absolute Gasteiger partial charge is 0.497 e. The first-order valence-corrected chi connectivity index (χ1v) is 14.5. The number of ether oxygens (including phenoxy) is 3. The van der Waals surface area contributed by atoms with Crippen molar-refractivity contribution in [2.45, 2.75) is 57.2 Å². The molecule has 220 valence electrons. The number of benzene rings is 3. The fourth-order valence-corrected chi connectivity index (χ4v) is 5.90. The van der Waals surface area contributed by atoms with E-state index in [0.717, 1.165) is 47.7 Å². The number of hydrogen-bond acceptors (Lipinski definition) is 5. The van der Waals surface area contributed by atoms with Crippen LogP contribution in [-0.4, -0.2) is 49.1 Å². The fourth-order valence-electron chi connectivity index (χ4n) is 5.90. The minimum absolute atomic E-state index is 0.0647. The van der Waals surface area contributed by atoms with Gasteiger partial charge in [0.15, 0.2) is 0 Å². The van der Waals surface area contributed by atoms with E-state index < -0.39 is 6.04 Å². The molecule has 1 fully saturated rings. The Hall–Kier alpha value is -4.46. The van der Waals surface area contributed by atoms with Crippen LogP contribution in [0.25, 0.3) is 10.9 Å². The Morgan fingerprint density at radius 1 is 0.881 bits per heavy atom. The third-order valence-corrected chi connectivity index (χ3v) is 8.12. The summed E-state index contributed by atoms with van der Waals surface area (Å²) in [6.07, 6.45) is 7.16. The molecular formula is C34H39N3O5. The van der Waals surface area contributed by atoms with Crippen molar-refractivity contribution in [1.29, 1.82) is 0 Å². The van der Waals surface area contributed by atoms with Gasteiger partial charge in [-0.15, -0.1) is 0 Å². The van der Waals surface area contributed by atoms with Crippen LogP contribution in [0.2, 0.25) is 0 Å². The van der Waals surface area contributed by atoms with Gasteiger partial charge in [-0.3, -0.25) is 9.59 Å². The van der Waals surface area contributed by atoms with Gasteiger partial charge in [0.05, 0.1) is 34.3 Å². The number of nitrogens with one attached hydrogen (secondary N) is 2. The molecule has 0 spiro atoms. The molecule has 2 amide bonds. The summed E-state index contributed by atoms with van der Waals surface area (Å²) in [4.78, 5) is 33.6. The van der Waals surface area contributed by atoms with Gasteiger partial charge in [-0.05, 0) is 42.7 Å². The first-order valence-electron chi connectivity index (χ1n) is 14.5. The molecule has 0 aliphatic heterocycles. The first-order chi connectivity index (χ1) is 20.5. The zero-order chi connectivity index (χ0) is 29.5. The standard InChI is InChI=1S/C34H39N3O5/c1-40-26-17-18-28(31(20-26)42-3)33(34(39)36-25-12-5-4-6-13-25)37(22-23-11-7-10-16-30(23)41-2)32(38)19-24-21-35-29-15-9-8-14-27(24)29/h7-11,14-18,20-21,25,33,35H,4-6,12-13,19,22H2,1-3H3,(H,36,39)/t33-/m0/s1. The van der Waals surface area contributed by atoms with Crippen molar-refractivity contribution in [3.63, 3.8) is 0 Å². The van der Waals surface area contributed by atoms with Gasteiger partial charge in [0.25, 0.3) is 0 Å². The summed E-state index contributed by atoms with van der Waals surface area (Å²) in [5.41, 5.74) is 3.22. The summed E-state index contributed by atoms with van der Waals surface area (Å²) in [5, 5.41) is 4.26. The van der Waals surface area contributed by atoms with Crippen LogP contribution in [-0.2, 0) is 22.6 Å². The van der Waals surface area contributed by atoms with Crippen LogP contribution < -0.4 is 19.5 Å². The minimum atomic E-state index is -0.949. The van der Waals surface area contributed by atoms with Crippen LogP contribution >= 0.6 is 0 Å². The Labute approximate surface area is 247 Å². The summed E-state index contributed by atoms with van der Waals surface area (Å²) >= 11 is 0. The normalized spacial score (nSPS) is 14.3. The molecular weight excluding hydrogens is 530 g/mol. The van der Waals surface area contributed by atoms with Gasteiger partial charge >= 0.3 is 0 Å². The summed E-state index contributed by atoms with van der Waals surface area (Å²) in [7, 11) is 4.75. The number of H-pyrrole nitrogens is 1. The zero-order valence-corrected chi connectivity index (χ0v) is 24.5. The van der Waals surface area contributed by atoms with Crippen LogP contribution in [0.3, 0.4) is 0 Å². The number of amides is 2. The summed E-state index contributed by atoms with van der Waals surface area (Å²) in [6, 6.07) is 20.0. The van der Waals surface area contributed by atoms with E-state index in [4.69, 9.17) is 14.2 Å². The molecule has 0 bridgehead atoms. The molecule has 2 N–H and O–H groups in total. The van der Waals surface area contributed by atoms with E-state index in [1.54, 1.807) is 38.4 Å². The van der Waals surface area contributed by atoms with E-state index in [0.29, 0.717) is 22.8 Å². The average molecular weight is 570 g/mol. The highest BCUT2D eigenvalue weighted by Gasteiger charge is 2.35. The smallest absolute Gasteiger partial charge is 0.247 e. The van der Waals surface area contributed by atoms with Gasteiger partial charge in [-0.1, -0.05) is 55.7 Å². The lowest BCUT2D eigenvalue weighted by Crippen LogP contribution is -2.47. The third-order valence-electron chi connectivity index (χ3n) is 8.12. The molecule has 1 aliphatic rings. The molecule has 1 aliphatic carbocycles. The molecule has 8 heteroatoms. The molecule has 1 aromatic heterocycles. The number of methoxy groups -OCH3 is 3. The predicted molar refractivity (Wildman–Crippen MR) is 163 cm³/mol. The van der Waals surface area contributed by atoms with Crippen molar-refractivity contribution >= 4 is 22.7 Å². The fraction of sp³-hybridized carbons (Fsp3) is 0.353. The van der Waals surface area contributed by atoms with Gasteiger partial charge in [0.2, 0.25) is 11.8 Å². The van der Waals surface area contributed by atoms with Gasteiger partial charge in [-0.2, -0.15) is 0 Å². The highest BCUT2D eigenvalue weighted by Crippen LogP contribution is 2.36. The minimum Gasteiger partial charge on any atom is -0.497 e. The molecule has 42 heavy (non-hydrogen) atoms. The number of para-hydroxylation sites is 2. The van der Waals surface area contributed by atoms with E-state index in [1.165, 1.54) is 6.42 Å². The Morgan fingerprint density at radius 2 is 1.62 bits per heavy atom. The highest BCUT2D eigenvalue weighted by molar-refractivity contribution is 5.93. The van der Waals surface area contributed by atoms with E-state index in [9.17, 15) is 9.59 Å². The molecule has 1 heterocycles. The van der Waals surface area contributed by atoms with Crippen molar-refractivity contribution < 1.29 is 23.8 Å². The van der Waals surface area contributed by atoms with Crippen LogP contribution in [0, 0.1) is 0 Å². The van der Waals surface area contributed by atoms with Crippen molar-refractivity contribution in [3.8, 4) is 17.2 Å². The van der Waals surface area contributed by atoms with Crippen molar-refractivity contribution in [2.24, 2.45) is 0 Å². The average Bonchev–Trinajstić information content (AvgIpc) is 3.44. The number of carbonyl (C=O) groups excluding carboxylic acids is 2. The van der Waals surface area contributed by atoms with Crippen molar-refractivity contribution in [1.82, 2.24) is 15.2 Å². The van der Waals surface area contributed by atoms with Crippen molar-refractivity contribution in [3.05, 3.63) is 89.6 Å². The van der Waals surface area contributed by atoms with Gasteiger partial charge < -0.3 is 29.4 Å². The lowest BCUT2D eigenvalue weighted by molar-refractivity contribution is -0.141. The van der Waals surface area contributed by atoms with E-state index in [1.807, 2.05) is 60.8 Å². The third kappa shape index (κ3) is 6.38. The number of aromatic amines is 1. The summed E-state index contributed by atoms with van der Waals surface area (Å²) < 4.78 is 16.9. The van der Waals surface area contributed by atoms with Gasteiger partial charge in [0.1, 0.15) is 23.3 Å². The van der Waals surface area contributed by atoms with Crippen LogP contribution in [0.15, 0.2) is 72.9 Å². The predicted octanol–water partition coefficient (Wildman–Crippen LogP) is 5.96. The highest BCUT2D eigenvalue weighted by atomic mass is 16.5. The first kappa shape index (κ1) is 29.0. The van der Waals surface area contributed by atoms with Gasteiger partial charge in [0, 0.05) is 40.3 Å². The number of hydrogen-bond donors (Lipinski definition) is 2. The topological polar surface area (TPSA) is 92.9 Å². The second kappa shape index (κ2) is 13.5. The van der Waals surface area contributed by atoms with E-state index in [2.05, 4.69) is 10.3 Å². The maximum absolute atomic E-state index is 14.4. The lowest BCUT2D eigenvalue weighted by Gasteiger charge is -2.34.